The maximum absolute atomic E-state index is 12.9. The van der Waals surface area contributed by atoms with Crippen LogP contribution in [0.3, 0.4) is 0 Å². The molecule has 1 amide bonds. The first kappa shape index (κ1) is 23.2. The van der Waals surface area contributed by atoms with Gasteiger partial charge in [-0.05, 0) is 61.9 Å². The lowest BCUT2D eigenvalue weighted by Crippen LogP contribution is -2.12. The molecule has 0 saturated heterocycles. The van der Waals surface area contributed by atoms with E-state index < -0.39 is 13.5 Å². The average molecular weight is 506 g/mol. The summed E-state index contributed by atoms with van der Waals surface area (Å²) in [6, 6.07) is 10.4. The molecule has 0 radical (unpaired) electrons. The van der Waals surface area contributed by atoms with Gasteiger partial charge in [0.25, 0.3) is 5.91 Å². The largest absolute Gasteiger partial charge is 0.457 e. The molecule has 0 aliphatic rings. The van der Waals surface area contributed by atoms with Crippen molar-refractivity contribution in [2.75, 3.05) is 5.32 Å². The molecule has 0 aliphatic carbocycles. The van der Waals surface area contributed by atoms with Crippen LogP contribution in [0.2, 0.25) is 5.15 Å². The Hall–Kier alpha value is -3.01. The SMILES string of the molecule is Cc1noc(C)c1-c1cc(Oc2ccc(P(=O)(O)O)cc2)cc(C(=O)Nc2nc(Cl)cs2)c1. The van der Waals surface area contributed by atoms with Gasteiger partial charge < -0.3 is 19.0 Å². The van der Waals surface area contributed by atoms with E-state index in [9.17, 15) is 19.1 Å². The van der Waals surface area contributed by atoms with Crippen molar-refractivity contribution in [3.8, 4) is 22.6 Å². The fourth-order valence-corrected chi connectivity index (χ4v) is 4.52. The van der Waals surface area contributed by atoms with E-state index in [4.69, 9.17) is 20.9 Å². The molecule has 0 atom stereocenters. The molecule has 0 bridgehead atoms. The molecule has 4 aromatic rings. The number of thiazole rings is 1. The second kappa shape index (κ2) is 9.09. The highest BCUT2D eigenvalue weighted by atomic mass is 35.5. The zero-order chi connectivity index (χ0) is 23.8. The Kier molecular flexibility index (Phi) is 6.38. The van der Waals surface area contributed by atoms with Crippen molar-refractivity contribution >= 4 is 46.9 Å². The van der Waals surface area contributed by atoms with Crippen molar-refractivity contribution in [1.82, 2.24) is 10.1 Å². The second-order valence-electron chi connectivity index (χ2n) is 7.01. The number of carbonyl (C=O) groups is 1. The van der Waals surface area contributed by atoms with Crippen LogP contribution in [0.5, 0.6) is 11.5 Å². The minimum atomic E-state index is -4.37. The van der Waals surface area contributed by atoms with E-state index in [1.54, 1.807) is 37.4 Å². The average Bonchev–Trinajstić information content (AvgIpc) is 3.31. The molecule has 4 rings (SSSR count). The summed E-state index contributed by atoms with van der Waals surface area (Å²) in [4.78, 5) is 35.5. The zero-order valence-electron chi connectivity index (χ0n) is 17.3. The molecule has 9 nitrogen and oxygen atoms in total. The molecule has 0 saturated carbocycles. The number of hydrogen-bond acceptors (Lipinski definition) is 7. The molecule has 0 unspecified atom stereocenters. The quantitative estimate of drug-likeness (QED) is 0.314. The van der Waals surface area contributed by atoms with Gasteiger partial charge in [-0.3, -0.25) is 14.7 Å². The molecular weight excluding hydrogens is 489 g/mol. The number of aryl methyl sites for hydroxylation is 2. The van der Waals surface area contributed by atoms with Gasteiger partial charge in [0.05, 0.1) is 11.0 Å². The standard InChI is InChI=1S/C21H17ClN3O6PS/c1-11-19(12(2)31-25-11)13-7-14(20(26)24-21-23-18(22)10-33-21)9-16(8-13)30-15-3-5-17(6-4-15)32(27,28)29/h3-10H,1-2H3,(H,23,24,26)(H2,27,28,29). The number of nitrogens with zero attached hydrogens (tertiary/aromatic N) is 2. The topological polar surface area (TPSA) is 135 Å². The first-order chi connectivity index (χ1) is 15.6. The Morgan fingerprint density at radius 3 is 2.45 bits per heavy atom. The van der Waals surface area contributed by atoms with E-state index in [1.807, 2.05) is 0 Å². The van der Waals surface area contributed by atoms with E-state index in [1.165, 1.54) is 35.6 Å². The van der Waals surface area contributed by atoms with Crippen LogP contribution < -0.4 is 15.4 Å². The van der Waals surface area contributed by atoms with Gasteiger partial charge >= 0.3 is 7.60 Å². The first-order valence-electron chi connectivity index (χ1n) is 9.45. The number of nitrogens with one attached hydrogen (secondary N) is 1. The van der Waals surface area contributed by atoms with Crippen LogP contribution >= 0.6 is 30.5 Å². The molecular formula is C21H17ClN3O6PS. The summed E-state index contributed by atoms with van der Waals surface area (Å²) in [6.45, 7) is 3.55. The summed E-state index contributed by atoms with van der Waals surface area (Å²) >= 11 is 7.03. The van der Waals surface area contributed by atoms with Gasteiger partial charge in [0.1, 0.15) is 22.4 Å². The van der Waals surface area contributed by atoms with E-state index in [0.29, 0.717) is 39.2 Å². The monoisotopic (exact) mass is 505 g/mol. The van der Waals surface area contributed by atoms with E-state index in [-0.39, 0.29) is 10.5 Å². The molecule has 12 heteroatoms. The Morgan fingerprint density at radius 1 is 1.15 bits per heavy atom. The lowest BCUT2D eigenvalue weighted by Gasteiger charge is -2.12. The van der Waals surface area contributed by atoms with E-state index in [0.717, 1.165) is 5.56 Å². The van der Waals surface area contributed by atoms with Crippen LogP contribution in [0.1, 0.15) is 21.8 Å². The third-order valence-corrected chi connectivity index (χ3v) is 6.65. The molecule has 170 valence electrons. The first-order valence-corrected chi connectivity index (χ1v) is 12.3. The predicted octanol–water partition coefficient (Wildman–Crippen LogP) is 4.92. The van der Waals surface area contributed by atoms with Crippen LogP contribution in [0.25, 0.3) is 11.1 Å². The number of benzene rings is 2. The molecule has 0 aliphatic heterocycles. The predicted molar refractivity (Wildman–Crippen MR) is 125 cm³/mol. The molecule has 2 aromatic heterocycles. The maximum Gasteiger partial charge on any atom is 0.356 e. The molecule has 3 N–H and O–H groups in total. The minimum absolute atomic E-state index is 0.124. The fourth-order valence-electron chi connectivity index (χ4n) is 3.15. The van der Waals surface area contributed by atoms with E-state index >= 15 is 0 Å². The summed E-state index contributed by atoms with van der Waals surface area (Å²) in [6.07, 6.45) is 0. The third kappa shape index (κ3) is 5.32. The van der Waals surface area contributed by atoms with Crippen molar-refractivity contribution in [2.24, 2.45) is 0 Å². The Labute approximate surface area is 197 Å². The van der Waals surface area contributed by atoms with Gasteiger partial charge in [0.15, 0.2) is 5.13 Å². The van der Waals surface area contributed by atoms with Crippen molar-refractivity contribution in [3.05, 3.63) is 70.0 Å². The number of rotatable bonds is 6. The summed E-state index contributed by atoms with van der Waals surface area (Å²) in [5.41, 5.74) is 2.32. The Bertz CT molecular complexity index is 1360. The summed E-state index contributed by atoms with van der Waals surface area (Å²) in [7, 11) is -4.37. The lowest BCUT2D eigenvalue weighted by atomic mass is 10.0. The molecule has 2 heterocycles. The fraction of sp³-hybridized carbons (Fsp3) is 0.0952. The van der Waals surface area contributed by atoms with Gasteiger partial charge in [0, 0.05) is 16.5 Å². The number of ether oxygens (including phenoxy) is 1. The Balaban J connectivity index is 1.71. The van der Waals surface area contributed by atoms with Gasteiger partial charge in [-0.2, -0.15) is 0 Å². The van der Waals surface area contributed by atoms with Gasteiger partial charge in [-0.1, -0.05) is 16.8 Å². The van der Waals surface area contributed by atoms with Crippen LogP contribution in [0.4, 0.5) is 5.13 Å². The number of carbonyl (C=O) groups excluding carboxylic acids is 1. The molecule has 0 fully saturated rings. The van der Waals surface area contributed by atoms with Crippen molar-refractivity contribution < 1.29 is 28.4 Å². The second-order valence-corrected chi connectivity index (χ2v) is 9.86. The molecule has 33 heavy (non-hydrogen) atoms. The highest BCUT2D eigenvalue weighted by molar-refractivity contribution is 7.60. The normalized spacial score (nSPS) is 11.4. The summed E-state index contributed by atoms with van der Waals surface area (Å²) in [5, 5.41) is 8.78. The van der Waals surface area contributed by atoms with E-state index in [2.05, 4.69) is 15.5 Å². The zero-order valence-corrected chi connectivity index (χ0v) is 19.7. The van der Waals surface area contributed by atoms with Crippen LogP contribution in [-0.2, 0) is 4.57 Å². The number of hydrogen-bond donors (Lipinski definition) is 3. The number of amides is 1. The number of aromatic nitrogens is 2. The van der Waals surface area contributed by atoms with Crippen LogP contribution in [-0.4, -0.2) is 25.8 Å². The highest BCUT2D eigenvalue weighted by Crippen LogP contribution is 2.35. The third-order valence-electron chi connectivity index (χ3n) is 4.60. The van der Waals surface area contributed by atoms with Gasteiger partial charge in [-0.15, -0.1) is 11.3 Å². The van der Waals surface area contributed by atoms with Gasteiger partial charge in [-0.25, -0.2) is 4.98 Å². The number of anilines is 1. The molecule has 2 aromatic carbocycles. The van der Waals surface area contributed by atoms with Crippen LogP contribution in [0.15, 0.2) is 52.4 Å². The lowest BCUT2D eigenvalue weighted by molar-refractivity contribution is 0.102. The highest BCUT2D eigenvalue weighted by Gasteiger charge is 2.19. The van der Waals surface area contributed by atoms with Gasteiger partial charge in [0.2, 0.25) is 0 Å². The smallest absolute Gasteiger partial charge is 0.356 e. The van der Waals surface area contributed by atoms with Crippen LogP contribution in [0, 0.1) is 13.8 Å². The Morgan fingerprint density at radius 2 is 1.88 bits per heavy atom. The summed E-state index contributed by atoms with van der Waals surface area (Å²) < 4.78 is 22.6. The van der Waals surface area contributed by atoms with Crippen molar-refractivity contribution in [1.29, 1.82) is 0 Å². The summed E-state index contributed by atoms with van der Waals surface area (Å²) in [5.74, 6) is 0.824. The van der Waals surface area contributed by atoms with Crippen molar-refractivity contribution in [3.63, 3.8) is 0 Å². The van der Waals surface area contributed by atoms with Crippen molar-refractivity contribution in [2.45, 2.75) is 13.8 Å². The minimum Gasteiger partial charge on any atom is -0.457 e. The number of halogens is 1. The maximum atomic E-state index is 12.9. The molecule has 0 spiro atoms.